The van der Waals surface area contributed by atoms with Crippen LogP contribution >= 0.6 is 0 Å². The number of anilines is 1. The molecule has 0 amide bonds. The van der Waals surface area contributed by atoms with Crippen molar-refractivity contribution in [2.24, 2.45) is 0 Å². The summed E-state index contributed by atoms with van der Waals surface area (Å²) in [4.78, 5) is 0. The summed E-state index contributed by atoms with van der Waals surface area (Å²) in [7, 11) is 0. The molecule has 332 valence electrons. The highest BCUT2D eigenvalue weighted by molar-refractivity contribution is 6.04. The molecule has 0 spiro atoms. The maximum Gasteiger partial charge on any atom is 0.0535 e. The first-order chi connectivity index (χ1) is 30.1. The number of hydrogen-bond acceptors (Lipinski definition) is 1. The minimum atomic E-state index is 0.965. The highest BCUT2D eigenvalue weighted by Gasteiger charge is 2.21. The van der Waals surface area contributed by atoms with Gasteiger partial charge in [0, 0.05) is 48.1 Å². The summed E-state index contributed by atoms with van der Waals surface area (Å²) in [5.74, 6) is 13.7. The van der Waals surface area contributed by atoms with Crippen LogP contribution in [0.2, 0.25) is 0 Å². The van der Waals surface area contributed by atoms with Crippen LogP contribution in [-0.4, -0.2) is 11.1 Å². The third-order valence-electron chi connectivity index (χ3n) is 13.6. The zero-order chi connectivity index (χ0) is 44.6. The van der Waals surface area contributed by atoms with Gasteiger partial charge in [-0.2, -0.15) is 0 Å². The molecular formula is C60H82N2. The van der Waals surface area contributed by atoms with Gasteiger partial charge in [-0.1, -0.05) is 128 Å². The Bertz CT molecular complexity index is 2440. The van der Waals surface area contributed by atoms with Gasteiger partial charge in [-0.05, 0) is 183 Å². The summed E-state index contributed by atoms with van der Waals surface area (Å²) in [6, 6.07) is 12.1. The van der Waals surface area contributed by atoms with Crippen molar-refractivity contribution in [3.63, 3.8) is 0 Å². The molecule has 0 saturated heterocycles. The molecule has 1 aliphatic carbocycles. The van der Waals surface area contributed by atoms with E-state index < -0.39 is 0 Å². The average molecular weight is 831 g/mol. The van der Waals surface area contributed by atoms with Crippen molar-refractivity contribution >= 4 is 44.2 Å². The van der Waals surface area contributed by atoms with Gasteiger partial charge >= 0.3 is 0 Å². The predicted molar refractivity (Wildman–Crippen MR) is 277 cm³/mol. The molecular weight excluding hydrogens is 749 g/mol. The van der Waals surface area contributed by atoms with Crippen LogP contribution < -0.4 is 5.32 Å². The van der Waals surface area contributed by atoms with Crippen molar-refractivity contribution in [1.82, 2.24) is 4.57 Å². The van der Waals surface area contributed by atoms with E-state index in [-0.39, 0.29) is 0 Å². The second-order valence-electron chi connectivity index (χ2n) is 18.4. The molecule has 0 aliphatic heterocycles. The smallest absolute Gasteiger partial charge is 0.0535 e. The third kappa shape index (κ3) is 11.8. The highest BCUT2D eigenvalue weighted by atomic mass is 15.0. The van der Waals surface area contributed by atoms with Gasteiger partial charge in [0.05, 0.1) is 11.2 Å². The van der Waals surface area contributed by atoms with E-state index >= 15 is 0 Å². The van der Waals surface area contributed by atoms with Gasteiger partial charge in [0.2, 0.25) is 0 Å². The number of unbranched alkanes of at least 4 members (excludes halogenated alkanes) is 10. The number of benzene rings is 4. The SMILES string of the molecule is CCCCC#Cc1cc2c(C)c(NCCCCC)c(C#CCCCC)cc2c(C)c1C.CCCCCn1c(CCCC)cc2cc3c(C)c4c(cc3c(C)c21)C=C(CCCC)C4. The maximum absolute atomic E-state index is 3.72. The van der Waals surface area contributed by atoms with Crippen LogP contribution in [0.4, 0.5) is 5.69 Å². The maximum atomic E-state index is 3.72. The summed E-state index contributed by atoms with van der Waals surface area (Å²) in [5.41, 5.74) is 18.1. The van der Waals surface area contributed by atoms with E-state index in [1.807, 2.05) is 0 Å². The van der Waals surface area contributed by atoms with Crippen molar-refractivity contribution in [2.45, 2.75) is 205 Å². The van der Waals surface area contributed by atoms with Gasteiger partial charge in [-0.15, -0.1) is 0 Å². The second-order valence-corrected chi connectivity index (χ2v) is 18.4. The summed E-state index contributed by atoms with van der Waals surface area (Å²) >= 11 is 0. The van der Waals surface area contributed by atoms with E-state index in [2.05, 4.69) is 146 Å². The molecule has 4 aromatic carbocycles. The Morgan fingerprint density at radius 1 is 0.532 bits per heavy atom. The Morgan fingerprint density at radius 3 is 1.79 bits per heavy atom. The van der Waals surface area contributed by atoms with Crippen LogP contribution in [-0.2, 0) is 19.4 Å². The Morgan fingerprint density at radius 2 is 1.11 bits per heavy atom. The van der Waals surface area contributed by atoms with E-state index in [1.54, 1.807) is 16.8 Å². The fourth-order valence-electron chi connectivity index (χ4n) is 9.48. The van der Waals surface area contributed by atoms with Crippen molar-refractivity contribution in [3.05, 3.63) is 91.7 Å². The summed E-state index contributed by atoms with van der Waals surface area (Å²) < 4.78 is 2.67. The lowest BCUT2D eigenvalue weighted by atomic mass is 9.90. The Labute approximate surface area is 379 Å². The summed E-state index contributed by atoms with van der Waals surface area (Å²) in [6.07, 6.45) is 25.5. The highest BCUT2D eigenvalue weighted by Crippen LogP contribution is 2.40. The number of nitrogens with one attached hydrogen (secondary N) is 1. The Balaban J connectivity index is 0.000000234. The van der Waals surface area contributed by atoms with Gasteiger partial charge in [0.15, 0.2) is 0 Å². The summed E-state index contributed by atoms with van der Waals surface area (Å²) in [6.45, 7) is 27.2. The van der Waals surface area contributed by atoms with Crippen molar-refractivity contribution in [2.75, 3.05) is 11.9 Å². The normalized spacial score (nSPS) is 11.9. The van der Waals surface area contributed by atoms with Crippen LogP contribution in [0.1, 0.15) is 206 Å². The van der Waals surface area contributed by atoms with Gasteiger partial charge in [0.25, 0.3) is 0 Å². The van der Waals surface area contributed by atoms with Crippen LogP contribution in [0.3, 0.4) is 0 Å². The molecule has 0 fully saturated rings. The van der Waals surface area contributed by atoms with Gasteiger partial charge in [-0.25, -0.2) is 0 Å². The second kappa shape index (κ2) is 24.4. The number of aromatic nitrogens is 1. The molecule has 0 radical (unpaired) electrons. The lowest BCUT2D eigenvalue weighted by Crippen LogP contribution is -2.06. The number of allylic oxidation sites excluding steroid dienone is 1. The van der Waals surface area contributed by atoms with Crippen molar-refractivity contribution < 1.29 is 0 Å². The van der Waals surface area contributed by atoms with E-state index in [0.717, 1.165) is 44.3 Å². The lowest BCUT2D eigenvalue weighted by Gasteiger charge is -2.18. The number of fused-ring (bicyclic) bond motifs is 4. The molecule has 0 atom stereocenters. The first-order valence-electron chi connectivity index (χ1n) is 25.2. The van der Waals surface area contributed by atoms with Gasteiger partial charge in [-0.3, -0.25) is 0 Å². The standard InChI is InChI=1S/2C30H41N/c1-6-9-12-15-31-26(14-11-8-3)18-25-20-28-21(4)27-17-23(13-10-7-2)16-24(27)19-29(28)22(5)30(25)31;1-7-10-13-15-18-26-21-29-25(6)30(31-20-17-12-9-3)27(19-16-14-11-8-2)22-28(29)24(5)23(26)4/h16,18-20H,6-15,17H2,1-5H3;21-22,31H,7-14,17,20H2,1-6H3. The largest absolute Gasteiger partial charge is 0.384 e. The lowest BCUT2D eigenvalue weighted by molar-refractivity contribution is 0.591. The molecule has 0 bridgehead atoms. The Hall–Kier alpha value is -4.40. The zero-order valence-corrected chi connectivity index (χ0v) is 41.3. The van der Waals surface area contributed by atoms with E-state index in [0.29, 0.717) is 0 Å². The number of nitrogens with zero attached hydrogens (tertiary/aromatic N) is 1. The molecule has 2 heteroatoms. The van der Waals surface area contributed by atoms with Crippen LogP contribution in [0.25, 0.3) is 38.5 Å². The van der Waals surface area contributed by atoms with Crippen LogP contribution in [0, 0.1) is 58.3 Å². The quantitative estimate of drug-likeness (QED) is 0.0648. The molecule has 5 aromatic rings. The molecule has 6 rings (SSSR count). The topological polar surface area (TPSA) is 17.0 Å². The number of aryl methyl sites for hydroxylation is 6. The summed E-state index contributed by atoms with van der Waals surface area (Å²) in [5, 5.41) is 10.7. The fraction of sp³-hybridized carbons (Fsp3) is 0.533. The Kier molecular flexibility index (Phi) is 19.2. The van der Waals surface area contributed by atoms with Crippen molar-refractivity contribution in [3.8, 4) is 23.7 Å². The van der Waals surface area contributed by atoms with Crippen LogP contribution in [0.15, 0.2) is 35.9 Å². The third-order valence-corrected chi connectivity index (χ3v) is 13.6. The average Bonchev–Trinajstić information content (AvgIpc) is 3.85. The monoisotopic (exact) mass is 831 g/mol. The first kappa shape index (κ1) is 48.6. The minimum Gasteiger partial charge on any atom is -0.384 e. The predicted octanol–water partition coefficient (Wildman–Crippen LogP) is 17.5. The molecule has 1 aliphatic rings. The molecule has 0 unspecified atom stereocenters. The van der Waals surface area contributed by atoms with E-state index in [1.165, 1.54) is 173 Å². The molecule has 0 saturated carbocycles. The molecule has 1 aromatic heterocycles. The number of hydrogen-bond donors (Lipinski definition) is 1. The van der Waals surface area contributed by atoms with Gasteiger partial charge in [0.1, 0.15) is 0 Å². The molecule has 2 nitrogen and oxygen atoms in total. The van der Waals surface area contributed by atoms with E-state index in [9.17, 15) is 0 Å². The first-order valence-corrected chi connectivity index (χ1v) is 25.2. The molecule has 62 heavy (non-hydrogen) atoms. The van der Waals surface area contributed by atoms with E-state index in [4.69, 9.17) is 0 Å². The zero-order valence-electron chi connectivity index (χ0n) is 41.3. The van der Waals surface area contributed by atoms with Crippen molar-refractivity contribution in [1.29, 1.82) is 0 Å². The molecule has 1 N–H and O–H groups in total. The minimum absolute atomic E-state index is 0.965. The van der Waals surface area contributed by atoms with Gasteiger partial charge < -0.3 is 9.88 Å². The van der Waals surface area contributed by atoms with Crippen LogP contribution in [0.5, 0.6) is 0 Å². The molecule has 1 heterocycles. The number of rotatable bonds is 19. The fourth-order valence-corrected chi connectivity index (χ4v) is 9.48.